The molecule has 0 spiro atoms. The second-order valence-electron chi connectivity index (χ2n) is 1.63. The van der Waals surface area contributed by atoms with Gasteiger partial charge in [0, 0.05) is 0 Å². The van der Waals surface area contributed by atoms with Crippen LogP contribution >= 0.6 is 15.9 Å². The van der Waals surface area contributed by atoms with Crippen molar-refractivity contribution < 1.29 is 22.4 Å². The van der Waals surface area contributed by atoms with Gasteiger partial charge in [0.15, 0.2) is 0 Å². The lowest BCUT2D eigenvalue weighted by Gasteiger charge is -2.07. The van der Waals surface area contributed by atoms with Crippen LogP contribution in [0.3, 0.4) is 0 Å². The van der Waals surface area contributed by atoms with Crippen LogP contribution in [0.1, 0.15) is 0 Å². The van der Waals surface area contributed by atoms with E-state index in [2.05, 4.69) is 15.9 Å². The molecule has 0 aliphatic heterocycles. The highest BCUT2D eigenvalue weighted by Gasteiger charge is 2.28. The van der Waals surface area contributed by atoms with E-state index in [1.54, 1.807) is 0 Å². The zero-order valence-electron chi connectivity index (χ0n) is 5.08. The summed E-state index contributed by atoms with van der Waals surface area (Å²) >= 11 is 2.16. The van der Waals surface area contributed by atoms with E-state index in [1.165, 1.54) is 5.32 Å². The summed E-state index contributed by atoms with van der Waals surface area (Å²) in [7, 11) is 0. The monoisotopic (exact) mass is 237 g/mol. The average molecular weight is 238 g/mol. The van der Waals surface area contributed by atoms with Crippen LogP contribution in [0, 0.1) is 0 Å². The van der Waals surface area contributed by atoms with Gasteiger partial charge in [0.1, 0.15) is 6.54 Å². The summed E-state index contributed by atoms with van der Waals surface area (Å²) in [5.41, 5.74) is 0. The molecule has 0 fully saturated rings. The maximum Gasteiger partial charge on any atom is 0.405 e. The van der Waals surface area contributed by atoms with E-state index >= 15 is 0 Å². The molecule has 66 valence electrons. The normalized spacial score (nSPS) is 14.3. The number of nitrogens with one attached hydrogen (secondary N) is 1. The maximum atomic E-state index is 11.8. The van der Waals surface area contributed by atoms with Crippen molar-refractivity contribution in [3.63, 3.8) is 0 Å². The fraction of sp³-hybridized carbons (Fsp3) is 0.750. The smallest absolute Gasteiger partial charge is 0.344 e. The van der Waals surface area contributed by atoms with E-state index in [-0.39, 0.29) is 0 Å². The second-order valence-corrected chi connectivity index (χ2v) is 2.44. The summed E-state index contributed by atoms with van der Waals surface area (Å²) in [6, 6.07) is 0. The van der Waals surface area contributed by atoms with E-state index in [9.17, 15) is 22.4 Å². The molecule has 0 aromatic rings. The van der Waals surface area contributed by atoms with Gasteiger partial charge >= 0.3 is 6.18 Å². The Hall–Kier alpha value is -0.330. The number of hydrogen-bond acceptors (Lipinski definition) is 1. The van der Waals surface area contributed by atoms with Crippen LogP contribution in [0.2, 0.25) is 0 Å². The van der Waals surface area contributed by atoms with Crippen LogP contribution in [0.15, 0.2) is 0 Å². The first-order chi connectivity index (χ1) is 4.83. The molecule has 0 aromatic carbocycles. The third-order valence-electron chi connectivity index (χ3n) is 0.661. The first-order valence-corrected chi connectivity index (χ1v) is 3.37. The Labute approximate surface area is 68.1 Å². The summed E-state index contributed by atoms with van der Waals surface area (Å²) in [6.07, 6.45) is -4.50. The van der Waals surface area contributed by atoms with Gasteiger partial charge in [0.25, 0.3) is 5.91 Å². The van der Waals surface area contributed by atoms with Crippen molar-refractivity contribution in [3.8, 4) is 0 Å². The fourth-order valence-electron chi connectivity index (χ4n) is 0.264. The highest BCUT2D eigenvalue weighted by molar-refractivity contribution is 9.09. The van der Waals surface area contributed by atoms with Crippen molar-refractivity contribution in [2.75, 3.05) is 6.54 Å². The molecule has 0 saturated carbocycles. The largest absolute Gasteiger partial charge is 0.405 e. The van der Waals surface area contributed by atoms with Crippen LogP contribution in [-0.2, 0) is 4.79 Å². The van der Waals surface area contributed by atoms with Gasteiger partial charge in [-0.25, -0.2) is 4.39 Å². The summed E-state index contributed by atoms with van der Waals surface area (Å²) < 4.78 is 45.8. The van der Waals surface area contributed by atoms with Crippen LogP contribution in [0.25, 0.3) is 0 Å². The predicted octanol–water partition coefficient (Wildman–Crippen LogP) is 1.36. The predicted molar refractivity (Wildman–Crippen MR) is 32.9 cm³/mol. The summed E-state index contributed by atoms with van der Waals surface area (Å²) in [5.74, 6) is -1.33. The molecule has 1 N–H and O–H groups in total. The second kappa shape index (κ2) is 3.89. The van der Waals surface area contributed by atoms with Crippen molar-refractivity contribution >= 4 is 21.8 Å². The molecule has 2 nitrogen and oxygen atoms in total. The number of carbonyl (C=O) groups is 1. The first-order valence-electron chi connectivity index (χ1n) is 2.45. The van der Waals surface area contributed by atoms with Crippen molar-refractivity contribution in [2.45, 2.75) is 11.3 Å². The number of halogens is 5. The van der Waals surface area contributed by atoms with E-state index in [1.807, 2.05) is 0 Å². The highest BCUT2D eigenvalue weighted by Crippen LogP contribution is 2.12. The molecule has 0 rings (SSSR count). The summed E-state index contributed by atoms with van der Waals surface area (Å²) in [4.78, 5) is 10.2. The topological polar surface area (TPSA) is 29.1 Å². The molecule has 0 radical (unpaired) electrons. The van der Waals surface area contributed by atoms with Crippen LogP contribution in [-0.4, -0.2) is 23.7 Å². The Bertz CT molecular complexity index is 146. The van der Waals surface area contributed by atoms with E-state index in [0.717, 1.165) is 0 Å². The van der Waals surface area contributed by atoms with Gasteiger partial charge in [-0.05, 0) is 15.9 Å². The first kappa shape index (κ1) is 10.7. The summed E-state index contributed by atoms with van der Waals surface area (Å²) in [6.45, 7) is -1.52. The average Bonchev–Trinajstić information content (AvgIpc) is 1.80. The van der Waals surface area contributed by atoms with Crippen molar-refractivity contribution in [1.29, 1.82) is 0 Å². The molecule has 1 unspecified atom stereocenters. The number of rotatable bonds is 2. The zero-order chi connectivity index (χ0) is 9.07. The van der Waals surface area contributed by atoms with Crippen LogP contribution < -0.4 is 5.32 Å². The minimum Gasteiger partial charge on any atom is -0.344 e. The lowest BCUT2D eigenvalue weighted by atomic mass is 10.6. The highest BCUT2D eigenvalue weighted by atomic mass is 79.9. The molecule has 0 bridgehead atoms. The van der Waals surface area contributed by atoms with Crippen LogP contribution in [0.5, 0.6) is 0 Å². The molecule has 0 aliphatic carbocycles. The van der Waals surface area contributed by atoms with Crippen molar-refractivity contribution in [1.82, 2.24) is 5.32 Å². The number of alkyl halides is 5. The fourth-order valence-corrected chi connectivity index (χ4v) is 0.426. The minimum atomic E-state index is -4.50. The van der Waals surface area contributed by atoms with E-state index in [4.69, 9.17) is 0 Å². The molecule has 1 amide bonds. The lowest BCUT2D eigenvalue weighted by molar-refractivity contribution is -0.139. The van der Waals surface area contributed by atoms with E-state index in [0.29, 0.717) is 0 Å². The van der Waals surface area contributed by atoms with Crippen molar-refractivity contribution in [3.05, 3.63) is 0 Å². The quantitative estimate of drug-likeness (QED) is 0.571. The zero-order valence-corrected chi connectivity index (χ0v) is 6.67. The summed E-state index contributed by atoms with van der Waals surface area (Å²) in [5, 5.41) is -0.757. The molecule has 7 heteroatoms. The molecule has 0 aliphatic rings. The van der Waals surface area contributed by atoms with Gasteiger partial charge in [-0.1, -0.05) is 0 Å². The molecular weight excluding hydrogens is 234 g/mol. The Balaban J connectivity index is 3.64. The Kier molecular flexibility index (Phi) is 3.77. The van der Waals surface area contributed by atoms with Crippen LogP contribution in [0.4, 0.5) is 17.6 Å². The van der Waals surface area contributed by atoms with Gasteiger partial charge in [-0.3, -0.25) is 4.79 Å². The number of amides is 1. The Morgan fingerprint density at radius 2 is 2.00 bits per heavy atom. The Morgan fingerprint density at radius 1 is 1.55 bits per heavy atom. The van der Waals surface area contributed by atoms with Gasteiger partial charge in [0.2, 0.25) is 5.08 Å². The number of carbonyl (C=O) groups excluding carboxylic acids is 1. The minimum absolute atomic E-state index is 1.33. The molecule has 11 heavy (non-hydrogen) atoms. The molecule has 1 atom stereocenters. The Morgan fingerprint density at radius 3 is 2.27 bits per heavy atom. The molecule has 0 heterocycles. The number of hydrogen-bond donors (Lipinski definition) is 1. The van der Waals surface area contributed by atoms with E-state index < -0.39 is 23.7 Å². The lowest BCUT2D eigenvalue weighted by Crippen LogP contribution is -2.36. The van der Waals surface area contributed by atoms with Gasteiger partial charge < -0.3 is 5.32 Å². The van der Waals surface area contributed by atoms with Crippen molar-refractivity contribution in [2.24, 2.45) is 0 Å². The SMILES string of the molecule is O=C(NCC(F)(F)F)C(F)Br. The molecule has 0 aromatic heterocycles. The van der Waals surface area contributed by atoms with Gasteiger partial charge in [-0.2, -0.15) is 13.2 Å². The molecular formula is C4H4BrF4NO. The third kappa shape index (κ3) is 6.08. The third-order valence-corrected chi connectivity index (χ3v) is 1.08. The maximum absolute atomic E-state index is 11.8. The standard InChI is InChI=1S/C4H4BrF4NO/c5-2(6)3(11)10-1-4(7,8)9/h2H,1H2,(H,10,11). The van der Waals surface area contributed by atoms with Gasteiger partial charge in [0.05, 0.1) is 0 Å². The molecule has 0 saturated heterocycles. The van der Waals surface area contributed by atoms with Gasteiger partial charge in [-0.15, -0.1) is 0 Å².